The molecule has 0 amide bonds. The van der Waals surface area contributed by atoms with E-state index in [9.17, 15) is 0 Å². The highest BCUT2D eigenvalue weighted by atomic mass is 32.1. The van der Waals surface area contributed by atoms with Gasteiger partial charge in [-0.2, -0.15) is 21.5 Å². The van der Waals surface area contributed by atoms with E-state index in [0.717, 1.165) is 31.9 Å². The van der Waals surface area contributed by atoms with Crippen LogP contribution in [0.4, 0.5) is 0 Å². The first-order valence-electron chi connectivity index (χ1n) is 8.00. The lowest BCUT2D eigenvalue weighted by Gasteiger charge is -2.16. The number of rotatable bonds is 5. The maximum absolute atomic E-state index is 4.87. The Labute approximate surface area is 140 Å². The van der Waals surface area contributed by atoms with Gasteiger partial charge in [0.05, 0.1) is 17.9 Å². The molecule has 0 aromatic carbocycles. The highest BCUT2D eigenvalue weighted by molar-refractivity contribution is 7.07. The summed E-state index contributed by atoms with van der Waals surface area (Å²) in [4.78, 5) is 2.50. The quantitative estimate of drug-likeness (QED) is 0.722. The van der Waals surface area contributed by atoms with Gasteiger partial charge in [-0.25, -0.2) is 0 Å². The predicted molar refractivity (Wildman–Crippen MR) is 91.2 cm³/mol. The number of aromatic nitrogens is 4. The summed E-state index contributed by atoms with van der Waals surface area (Å²) in [7, 11) is 0. The molecule has 6 heteroatoms. The third-order valence-electron chi connectivity index (χ3n) is 4.30. The topological polar surface area (TPSA) is 38.9 Å². The van der Waals surface area contributed by atoms with Crippen molar-refractivity contribution in [3.05, 3.63) is 57.8 Å². The Bertz CT molecular complexity index is 770. The molecular formula is C17H21N5S. The highest BCUT2D eigenvalue weighted by Crippen LogP contribution is 2.30. The molecule has 0 atom stereocenters. The van der Waals surface area contributed by atoms with Gasteiger partial charge >= 0.3 is 0 Å². The van der Waals surface area contributed by atoms with Crippen molar-refractivity contribution in [2.75, 3.05) is 0 Å². The van der Waals surface area contributed by atoms with Crippen molar-refractivity contribution in [1.29, 1.82) is 0 Å². The van der Waals surface area contributed by atoms with Gasteiger partial charge in [0.1, 0.15) is 0 Å². The van der Waals surface area contributed by atoms with Crippen molar-refractivity contribution in [3.8, 4) is 0 Å². The van der Waals surface area contributed by atoms with Crippen LogP contribution in [-0.4, -0.2) is 24.5 Å². The fourth-order valence-electron chi connectivity index (χ4n) is 3.25. The van der Waals surface area contributed by atoms with Gasteiger partial charge in [-0.1, -0.05) is 0 Å². The van der Waals surface area contributed by atoms with Gasteiger partial charge in [0.25, 0.3) is 0 Å². The van der Waals surface area contributed by atoms with Crippen LogP contribution in [0.2, 0.25) is 0 Å². The number of nitrogens with zero attached hydrogens (tertiary/aromatic N) is 5. The second kappa shape index (κ2) is 5.94. The fourth-order valence-corrected chi connectivity index (χ4v) is 3.91. The Morgan fingerprint density at radius 3 is 2.87 bits per heavy atom. The summed E-state index contributed by atoms with van der Waals surface area (Å²) in [6.07, 6.45) is 3.82. The molecular weight excluding hydrogens is 306 g/mol. The average molecular weight is 327 g/mol. The summed E-state index contributed by atoms with van der Waals surface area (Å²) in [5.74, 6) is 0. The first-order valence-corrected chi connectivity index (χ1v) is 8.95. The van der Waals surface area contributed by atoms with E-state index < -0.39 is 0 Å². The summed E-state index contributed by atoms with van der Waals surface area (Å²) in [6.45, 7) is 8.13. The summed E-state index contributed by atoms with van der Waals surface area (Å²) < 4.78 is 4.15. The van der Waals surface area contributed by atoms with Crippen molar-refractivity contribution in [1.82, 2.24) is 24.5 Å². The van der Waals surface area contributed by atoms with Crippen molar-refractivity contribution in [2.45, 2.75) is 46.1 Å². The standard InChI is InChI=1S/C17H21N5S/c1-13(2)22-17-11-20(8-14-4-7-23-12-14)9-15(17)16(19-22)10-21-6-3-5-18-21/h3-7,12-13H,8-11H2,1-2H3. The third-order valence-corrected chi connectivity index (χ3v) is 5.04. The van der Waals surface area contributed by atoms with Crippen LogP contribution in [0.1, 0.15) is 42.4 Å². The minimum Gasteiger partial charge on any atom is -0.289 e. The fraction of sp³-hybridized carbons (Fsp3) is 0.412. The minimum absolute atomic E-state index is 0.385. The molecule has 0 spiro atoms. The van der Waals surface area contributed by atoms with Gasteiger partial charge in [0.15, 0.2) is 0 Å². The number of fused-ring (bicyclic) bond motifs is 1. The van der Waals surface area contributed by atoms with E-state index in [1.807, 2.05) is 23.1 Å². The van der Waals surface area contributed by atoms with Crippen LogP contribution in [0.25, 0.3) is 0 Å². The summed E-state index contributed by atoms with van der Waals surface area (Å²) in [6, 6.07) is 4.56. The van der Waals surface area contributed by atoms with Crippen LogP contribution in [0.15, 0.2) is 35.3 Å². The molecule has 3 aromatic rings. The average Bonchev–Trinajstić information content (AvgIpc) is 3.26. The van der Waals surface area contributed by atoms with Crippen LogP contribution in [-0.2, 0) is 26.2 Å². The van der Waals surface area contributed by atoms with Gasteiger partial charge in [-0.15, -0.1) is 0 Å². The van der Waals surface area contributed by atoms with Gasteiger partial charge in [0.2, 0.25) is 0 Å². The van der Waals surface area contributed by atoms with E-state index >= 15 is 0 Å². The summed E-state index contributed by atoms with van der Waals surface area (Å²) >= 11 is 1.77. The van der Waals surface area contributed by atoms with E-state index in [1.54, 1.807) is 11.3 Å². The molecule has 0 unspecified atom stereocenters. The van der Waals surface area contributed by atoms with Gasteiger partial charge in [-0.3, -0.25) is 14.3 Å². The molecule has 1 aliphatic heterocycles. The maximum atomic E-state index is 4.87. The molecule has 0 saturated carbocycles. The molecule has 1 aliphatic rings. The first-order chi connectivity index (χ1) is 11.2. The highest BCUT2D eigenvalue weighted by Gasteiger charge is 2.28. The number of hydrogen-bond donors (Lipinski definition) is 0. The predicted octanol–water partition coefficient (Wildman–Crippen LogP) is 3.29. The molecule has 0 fully saturated rings. The zero-order valence-corrected chi connectivity index (χ0v) is 14.3. The molecule has 0 radical (unpaired) electrons. The number of thiophene rings is 1. The second-order valence-electron chi connectivity index (χ2n) is 6.39. The SMILES string of the molecule is CC(C)n1nc(Cn2cccn2)c2c1CN(Cc1ccsc1)C2. The second-order valence-corrected chi connectivity index (χ2v) is 7.17. The van der Waals surface area contributed by atoms with Crippen molar-refractivity contribution >= 4 is 11.3 Å². The Kier molecular flexibility index (Phi) is 3.79. The molecule has 0 saturated heterocycles. The molecule has 4 heterocycles. The lowest BCUT2D eigenvalue weighted by molar-refractivity contribution is 0.265. The van der Waals surface area contributed by atoms with Crippen LogP contribution >= 0.6 is 11.3 Å². The Balaban J connectivity index is 1.60. The normalized spacial score (nSPS) is 14.7. The molecule has 23 heavy (non-hydrogen) atoms. The van der Waals surface area contributed by atoms with E-state index in [4.69, 9.17) is 5.10 Å². The minimum atomic E-state index is 0.385. The van der Waals surface area contributed by atoms with Gasteiger partial charge in [0, 0.05) is 43.6 Å². The van der Waals surface area contributed by atoms with E-state index in [2.05, 4.69) is 45.4 Å². The van der Waals surface area contributed by atoms with Gasteiger partial charge < -0.3 is 0 Å². The van der Waals surface area contributed by atoms with Crippen molar-refractivity contribution < 1.29 is 0 Å². The van der Waals surface area contributed by atoms with Crippen LogP contribution < -0.4 is 0 Å². The van der Waals surface area contributed by atoms with Crippen LogP contribution in [0.3, 0.4) is 0 Å². The van der Waals surface area contributed by atoms with Crippen LogP contribution in [0, 0.1) is 0 Å². The zero-order valence-electron chi connectivity index (χ0n) is 13.5. The van der Waals surface area contributed by atoms with Gasteiger partial charge in [-0.05, 0) is 42.3 Å². The summed E-state index contributed by atoms with van der Waals surface area (Å²) in [5.41, 5.74) is 5.32. The van der Waals surface area contributed by atoms with Crippen molar-refractivity contribution in [2.24, 2.45) is 0 Å². The number of hydrogen-bond acceptors (Lipinski definition) is 4. The molecule has 120 valence electrons. The Hall–Kier alpha value is -1.92. The Morgan fingerprint density at radius 2 is 2.17 bits per heavy atom. The molecule has 0 aliphatic carbocycles. The Morgan fingerprint density at radius 1 is 1.26 bits per heavy atom. The van der Waals surface area contributed by atoms with E-state index in [1.165, 1.54) is 16.8 Å². The zero-order chi connectivity index (χ0) is 15.8. The first kappa shape index (κ1) is 14.7. The molecule has 0 N–H and O–H groups in total. The smallest absolute Gasteiger partial charge is 0.0888 e. The molecule has 0 bridgehead atoms. The largest absolute Gasteiger partial charge is 0.289 e. The summed E-state index contributed by atoms with van der Waals surface area (Å²) in [5, 5.41) is 13.6. The monoisotopic (exact) mass is 327 g/mol. The molecule has 5 nitrogen and oxygen atoms in total. The van der Waals surface area contributed by atoms with Crippen LogP contribution in [0.5, 0.6) is 0 Å². The lowest BCUT2D eigenvalue weighted by Crippen LogP contribution is -2.19. The molecule has 3 aromatic heterocycles. The molecule has 4 rings (SSSR count). The van der Waals surface area contributed by atoms with E-state index in [-0.39, 0.29) is 0 Å². The maximum Gasteiger partial charge on any atom is 0.0888 e. The van der Waals surface area contributed by atoms with E-state index in [0.29, 0.717) is 6.04 Å². The van der Waals surface area contributed by atoms with Crippen molar-refractivity contribution in [3.63, 3.8) is 0 Å². The lowest BCUT2D eigenvalue weighted by atomic mass is 10.2. The third kappa shape index (κ3) is 2.84.